The lowest BCUT2D eigenvalue weighted by Crippen LogP contribution is -2.52. The number of rotatable bonds is 7. The van der Waals surface area contributed by atoms with Crippen LogP contribution in [0, 0.1) is 5.92 Å². The van der Waals surface area contributed by atoms with E-state index in [4.69, 9.17) is 28.9 Å². The Hall–Kier alpha value is -2.13. The molecule has 10 heteroatoms. The number of hydrogen-bond acceptors (Lipinski definition) is 4. The zero-order valence-corrected chi connectivity index (χ0v) is 19.0. The zero-order valence-electron chi connectivity index (χ0n) is 16.6. The molecule has 0 spiro atoms. The summed E-state index contributed by atoms with van der Waals surface area (Å²) >= 11 is 12.0. The molecule has 1 aliphatic rings. The third-order valence-corrected chi connectivity index (χ3v) is 7.46. The molecule has 0 aromatic heterocycles. The first kappa shape index (κ1) is 23.5. The van der Waals surface area contributed by atoms with Crippen molar-refractivity contribution in [3.8, 4) is 0 Å². The molecule has 1 atom stereocenters. The summed E-state index contributed by atoms with van der Waals surface area (Å²) in [5.41, 5.74) is 6.17. The van der Waals surface area contributed by atoms with Gasteiger partial charge in [-0.3, -0.25) is 9.59 Å². The minimum atomic E-state index is -4.13. The van der Waals surface area contributed by atoms with Crippen molar-refractivity contribution in [2.45, 2.75) is 30.2 Å². The van der Waals surface area contributed by atoms with Crippen LogP contribution in [0.1, 0.15) is 18.4 Å². The van der Waals surface area contributed by atoms with Crippen LogP contribution in [-0.2, 0) is 26.0 Å². The van der Waals surface area contributed by atoms with E-state index in [2.05, 4.69) is 4.72 Å². The fraction of sp³-hybridized carbons (Fsp3) is 0.333. The van der Waals surface area contributed by atoms with Gasteiger partial charge in [-0.05, 0) is 43.0 Å². The van der Waals surface area contributed by atoms with Crippen LogP contribution in [0.5, 0.6) is 0 Å². The van der Waals surface area contributed by atoms with E-state index >= 15 is 0 Å². The van der Waals surface area contributed by atoms with Gasteiger partial charge in [0.1, 0.15) is 10.9 Å². The first-order valence-electron chi connectivity index (χ1n) is 9.77. The second-order valence-corrected chi connectivity index (χ2v) is 9.97. The maximum absolute atomic E-state index is 13.3. The molecule has 7 nitrogen and oxygen atoms in total. The van der Waals surface area contributed by atoms with Crippen molar-refractivity contribution < 1.29 is 18.0 Å². The predicted molar refractivity (Wildman–Crippen MR) is 119 cm³/mol. The molecular formula is C21H23Cl2N3O4S. The van der Waals surface area contributed by atoms with E-state index < -0.39 is 16.1 Å². The van der Waals surface area contributed by atoms with Gasteiger partial charge in [0.25, 0.3) is 0 Å². The smallest absolute Gasteiger partial charge is 0.242 e. The van der Waals surface area contributed by atoms with Crippen molar-refractivity contribution >= 4 is 45.0 Å². The van der Waals surface area contributed by atoms with Crippen LogP contribution >= 0.6 is 23.2 Å². The Morgan fingerprint density at radius 3 is 2.35 bits per heavy atom. The molecule has 2 aromatic carbocycles. The van der Waals surface area contributed by atoms with Gasteiger partial charge in [0, 0.05) is 24.0 Å². The highest BCUT2D eigenvalue weighted by atomic mass is 35.5. The highest BCUT2D eigenvalue weighted by Crippen LogP contribution is 2.26. The topological polar surface area (TPSA) is 110 Å². The lowest BCUT2D eigenvalue weighted by Gasteiger charge is -2.33. The number of piperidine rings is 1. The van der Waals surface area contributed by atoms with Crippen LogP contribution in [0.2, 0.25) is 10.0 Å². The lowest BCUT2D eigenvalue weighted by atomic mass is 9.95. The minimum Gasteiger partial charge on any atom is -0.369 e. The molecule has 0 bridgehead atoms. The summed E-state index contributed by atoms with van der Waals surface area (Å²) in [4.78, 5) is 26.0. The van der Waals surface area contributed by atoms with Crippen molar-refractivity contribution in [3.05, 3.63) is 64.1 Å². The van der Waals surface area contributed by atoms with Crippen LogP contribution in [0.25, 0.3) is 0 Å². The van der Waals surface area contributed by atoms with Gasteiger partial charge in [0.05, 0.1) is 5.02 Å². The normalized spacial score (nSPS) is 16.1. The van der Waals surface area contributed by atoms with Gasteiger partial charge in [-0.15, -0.1) is 0 Å². The number of nitrogens with two attached hydrogens (primary N) is 1. The average molecular weight is 484 g/mol. The quantitative estimate of drug-likeness (QED) is 0.630. The maximum atomic E-state index is 13.3. The highest BCUT2D eigenvalue weighted by Gasteiger charge is 2.33. The molecule has 0 radical (unpaired) electrons. The van der Waals surface area contributed by atoms with E-state index in [0.29, 0.717) is 25.9 Å². The number of sulfonamides is 1. The zero-order chi connectivity index (χ0) is 22.6. The van der Waals surface area contributed by atoms with Crippen molar-refractivity contribution in [2.24, 2.45) is 11.7 Å². The van der Waals surface area contributed by atoms with E-state index in [1.54, 1.807) is 4.90 Å². The number of carbonyl (C=O) groups is 2. The summed E-state index contributed by atoms with van der Waals surface area (Å²) in [5, 5.41) is 0.217. The monoisotopic (exact) mass is 483 g/mol. The lowest BCUT2D eigenvalue weighted by molar-refractivity contribution is -0.136. The molecule has 1 fully saturated rings. The fourth-order valence-electron chi connectivity index (χ4n) is 3.57. The number of benzene rings is 2. The summed E-state index contributed by atoms with van der Waals surface area (Å²) < 4.78 is 28.6. The van der Waals surface area contributed by atoms with Crippen molar-refractivity contribution in [1.82, 2.24) is 9.62 Å². The Labute approximate surface area is 191 Å². The van der Waals surface area contributed by atoms with Crippen molar-refractivity contribution in [2.75, 3.05) is 13.1 Å². The number of nitrogens with zero attached hydrogens (tertiary/aromatic N) is 1. The van der Waals surface area contributed by atoms with Gasteiger partial charge in [-0.2, -0.15) is 4.72 Å². The van der Waals surface area contributed by atoms with Crippen LogP contribution in [-0.4, -0.2) is 44.3 Å². The molecule has 3 N–H and O–H groups in total. The molecule has 3 rings (SSSR count). The van der Waals surface area contributed by atoms with Gasteiger partial charge in [-0.25, -0.2) is 8.42 Å². The molecule has 1 heterocycles. The Morgan fingerprint density at radius 1 is 1.10 bits per heavy atom. The third kappa shape index (κ3) is 5.98. The Bertz CT molecular complexity index is 1060. The van der Waals surface area contributed by atoms with E-state index in [0.717, 1.165) is 5.56 Å². The maximum Gasteiger partial charge on any atom is 0.242 e. The van der Waals surface area contributed by atoms with Crippen LogP contribution in [0.15, 0.2) is 53.4 Å². The largest absolute Gasteiger partial charge is 0.369 e. The molecule has 0 unspecified atom stereocenters. The van der Waals surface area contributed by atoms with Crippen molar-refractivity contribution in [1.29, 1.82) is 0 Å². The number of primary amides is 1. The van der Waals surface area contributed by atoms with Crippen LogP contribution in [0.3, 0.4) is 0 Å². The van der Waals surface area contributed by atoms with E-state index in [1.807, 2.05) is 30.3 Å². The van der Waals surface area contributed by atoms with Gasteiger partial charge in [0.15, 0.2) is 0 Å². The SMILES string of the molecule is NC(=O)C1CCN(C(=O)[C@H](Cc2ccccc2)NS(=O)(=O)c2cc(Cl)ccc2Cl)CC1. The Balaban J connectivity index is 1.85. The molecule has 2 aromatic rings. The summed E-state index contributed by atoms with van der Waals surface area (Å²) in [5.74, 6) is -1.03. The van der Waals surface area contributed by atoms with Crippen LogP contribution in [0.4, 0.5) is 0 Å². The van der Waals surface area contributed by atoms with Gasteiger partial charge < -0.3 is 10.6 Å². The Morgan fingerprint density at radius 2 is 1.74 bits per heavy atom. The fourth-order valence-corrected chi connectivity index (χ4v) is 5.52. The highest BCUT2D eigenvalue weighted by molar-refractivity contribution is 7.89. The number of hydrogen-bond donors (Lipinski definition) is 2. The standard InChI is InChI=1S/C21H23Cl2N3O4S/c22-16-6-7-17(23)19(13-16)31(29,30)25-18(12-14-4-2-1-3-5-14)21(28)26-10-8-15(9-11-26)20(24)27/h1-7,13,15,18,25H,8-12H2,(H2,24,27)/t18-/m0/s1. The Kier molecular flexibility index (Phi) is 7.59. The molecule has 1 saturated heterocycles. The predicted octanol–water partition coefficient (Wildman–Crippen LogP) is 2.61. The minimum absolute atomic E-state index is 0.00471. The number of carbonyl (C=O) groups excluding carboxylic acids is 2. The summed E-state index contributed by atoms with van der Waals surface area (Å²) in [7, 11) is -4.13. The molecule has 2 amide bonds. The summed E-state index contributed by atoms with van der Waals surface area (Å²) in [6.07, 6.45) is 1.06. The van der Waals surface area contributed by atoms with Gasteiger partial charge in [-0.1, -0.05) is 53.5 Å². The summed E-state index contributed by atoms with van der Waals surface area (Å²) in [6.45, 7) is 0.661. The molecule has 1 aliphatic heterocycles. The molecular weight excluding hydrogens is 461 g/mol. The van der Waals surface area contributed by atoms with E-state index in [-0.39, 0.29) is 39.1 Å². The number of amides is 2. The number of halogens is 2. The van der Waals surface area contributed by atoms with Gasteiger partial charge >= 0.3 is 0 Å². The van der Waals surface area contributed by atoms with E-state index in [9.17, 15) is 18.0 Å². The first-order chi connectivity index (χ1) is 14.7. The first-order valence-corrected chi connectivity index (χ1v) is 12.0. The number of nitrogens with one attached hydrogen (secondary N) is 1. The van der Waals surface area contributed by atoms with Crippen LogP contribution < -0.4 is 10.5 Å². The molecule has 31 heavy (non-hydrogen) atoms. The third-order valence-electron chi connectivity index (χ3n) is 5.27. The molecule has 166 valence electrons. The second-order valence-electron chi connectivity index (χ2n) is 7.44. The van der Waals surface area contributed by atoms with Crippen molar-refractivity contribution in [3.63, 3.8) is 0 Å². The average Bonchev–Trinajstić information content (AvgIpc) is 2.75. The molecule has 0 aliphatic carbocycles. The van der Waals surface area contributed by atoms with E-state index in [1.165, 1.54) is 18.2 Å². The number of likely N-dealkylation sites (tertiary alicyclic amines) is 1. The summed E-state index contributed by atoms with van der Waals surface area (Å²) in [6, 6.07) is 12.2. The molecule has 0 saturated carbocycles. The van der Waals surface area contributed by atoms with Gasteiger partial charge in [0.2, 0.25) is 21.8 Å². The second kappa shape index (κ2) is 9.99.